The third kappa shape index (κ3) is 3.98. The van der Waals surface area contributed by atoms with Gasteiger partial charge in [-0.3, -0.25) is 4.79 Å². The Hall–Kier alpha value is -1.76. The maximum Gasteiger partial charge on any atom is 0.252 e. The summed E-state index contributed by atoms with van der Waals surface area (Å²) >= 11 is 1.71. The van der Waals surface area contributed by atoms with Crippen molar-refractivity contribution in [3.8, 4) is 10.6 Å². The van der Waals surface area contributed by atoms with Crippen LogP contribution < -0.4 is 4.90 Å². The lowest BCUT2D eigenvalue weighted by Crippen LogP contribution is -3.13. The minimum absolute atomic E-state index is 0.188. The van der Waals surface area contributed by atoms with E-state index < -0.39 is 0 Å². The molecule has 2 aliphatic rings. The Labute approximate surface area is 158 Å². The van der Waals surface area contributed by atoms with Gasteiger partial charge in [0.1, 0.15) is 23.4 Å². The van der Waals surface area contributed by atoms with Crippen molar-refractivity contribution >= 4 is 17.2 Å². The standard InChI is InChI=1S/C20H25N3O2S/c1-15-4-6-16(7-5-15)19-21-17(14-26-19)13-22-8-10-23(11-9-22)20(24)18-3-2-12-25-18/h4-7,14,18H,2-3,8-13H2,1H3/p+1/t18-/m0/s1. The summed E-state index contributed by atoms with van der Waals surface area (Å²) in [7, 11) is 0. The Morgan fingerprint density at radius 1 is 1.31 bits per heavy atom. The predicted octanol–water partition coefficient (Wildman–Crippen LogP) is 1.52. The molecule has 0 saturated carbocycles. The minimum atomic E-state index is -0.188. The van der Waals surface area contributed by atoms with Crippen LogP contribution in [0.25, 0.3) is 10.6 Å². The molecule has 0 spiro atoms. The molecule has 1 amide bonds. The molecule has 5 nitrogen and oxygen atoms in total. The van der Waals surface area contributed by atoms with Gasteiger partial charge in [-0.15, -0.1) is 11.3 Å². The van der Waals surface area contributed by atoms with Gasteiger partial charge in [0, 0.05) is 17.6 Å². The molecule has 2 aromatic rings. The first-order chi connectivity index (χ1) is 12.7. The maximum absolute atomic E-state index is 12.4. The second-order valence-electron chi connectivity index (χ2n) is 7.26. The highest BCUT2D eigenvalue weighted by atomic mass is 32.1. The number of ether oxygens (including phenoxy) is 1. The fraction of sp³-hybridized carbons (Fsp3) is 0.500. The van der Waals surface area contributed by atoms with Crippen molar-refractivity contribution in [2.24, 2.45) is 0 Å². The van der Waals surface area contributed by atoms with E-state index in [2.05, 4.69) is 36.6 Å². The lowest BCUT2D eigenvalue weighted by Gasteiger charge is -2.33. The van der Waals surface area contributed by atoms with Gasteiger partial charge in [-0.05, 0) is 19.8 Å². The van der Waals surface area contributed by atoms with E-state index in [-0.39, 0.29) is 12.0 Å². The number of piperazine rings is 1. The summed E-state index contributed by atoms with van der Waals surface area (Å²) in [5.74, 6) is 0.192. The number of carbonyl (C=O) groups is 1. The van der Waals surface area contributed by atoms with Crippen LogP contribution in [0.15, 0.2) is 29.6 Å². The summed E-state index contributed by atoms with van der Waals surface area (Å²) < 4.78 is 5.54. The number of benzene rings is 1. The van der Waals surface area contributed by atoms with Crippen LogP contribution in [-0.2, 0) is 16.1 Å². The van der Waals surface area contributed by atoms with Gasteiger partial charge in [0.2, 0.25) is 0 Å². The van der Waals surface area contributed by atoms with Gasteiger partial charge in [-0.25, -0.2) is 4.98 Å². The van der Waals surface area contributed by atoms with Gasteiger partial charge < -0.3 is 14.5 Å². The molecular formula is C20H26N3O2S+. The van der Waals surface area contributed by atoms with Crippen LogP contribution >= 0.6 is 11.3 Å². The lowest BCUT2D eigenvalue weighted by molar-refractivity contribution is -0.917. The van der Waals surface area contributed by atoms with E-state index >= 15 is 0 Å². The number of quaternary nitrogens is 1. The number of rotatable bonds is 4. The zero-order valence-electron chi connectivity index (χ0n) is 15.2. The predicted molar refractivity (Wildman–Crippen MR) is 102 cm³/mol. The van der Waals surface area contributed by atoms with Crippen LogP contribution in [0.5, 0.6) is 0 Å². The molecule has 0 unspecified atom stereocenters. The first-order valence-electron chi connectivity index (χ1n) is 9.44. The summed E-state index contributed by atoms with van der Waals surface area (Å²) in [6.07, 6.45) is 1.70. The Morgan fingerprint density at radius 3 is 2.77 bits per heavy atom. The highest BCUT2D eigenvalue weighted by Gasteiger charge is 2.31. The first kappa shape index (κ1) is 17.6. The molecule has 6 heteroatoms. The minimum Gasteiger partial charge on any atom is -0.368 e. The molecule has 26 heavy (non-hydrogen) atoms. The molecule has 4 rings (SSSR count). The number of aryl methyl sites for hydroxylation is 1. The van der Waals surface area contributed by atoms with Gasteiger partial charge >= 0.3 is 0 Å². The second kappa shape index (κ2) is 7.86. The average Bonchev–Trinajstić information content (AvgIpc) is 3.35. The fourth-order valence-electron chi connectivity index (χ4n) is 3.67. The fourth-order valence-corrected chi connectivity index (χ4v) is 4.50. The Morgan fingerprint density at radius 2 is 2.08 bits per heavy atom. The number of hydrogen-bond acceptors (Lipinski definition) is 4. The van der Waals surface area contributed by atoms with Gasteiger partial charge in [0.05, 0.1) is 26.2 Å². The largest absolute Gasteiger partial charge is 0.368 e. The average molecular weight is 373 g/mol. The summed E-state index contributed by atoms with van der Waals surface area (Å²) in [5.41, 5.74) is 3.61. The summed E-state index contributed by atoms with van der Waals surface area (Å²) in [4.78, 5) is 20.7. The van der Waals surface area contributed by atoms with Crippen molar-refractivity contribution in [3.05, 3.63) is 40.9 Å². The van der Waals surface area contributed by atoms with Crippen LogP contribution in [-0.4, -0.2) is 54.7 Å². The molecule has 1 N–H and O–H groups in total. The Balaban J connectivity index is 1.30. The number of thiazole rings is 1. The number of aromatic nitrogens is 1. The van der Waals surface area contributed by atoms with Gasteiger partial charge in [-0.2, -0.15) is 0 Å². The van der Waals surface area contributed by atoms with Crippen molar-refractivity contribution in [3.63, 3.8) is 0 Å². The van der Waals surface area contributed by atoms with Crippen molar-refractivity contribution in [2.75, 3.05) is 32.8 Å². The molecular weight excluding hydrogens is 346 g/mol. The third-order valence-electron chi connectivity index (χ3n) is 5.27. The highest BCUT2D eigenvalue weighted by Crippen LogP contribution is 2.23. The van der Waals surface area contributed by atoms with E-state index in [0.717, 1.165) is 62.9 Å². The second-order valence-corrected chi connectivity index (χ2v) is 8.12. The van der Waals surface area contributed by atoms with Crippen molar-refractivity contribution in [2.45, 2.75) is 32.4 Å². The highest BCUT2D eigenvalue weighted by molar-refractivity contribution is 7.13. The van der Waals surface area contributed by atoms with Crippen LogP contribution in [0, 0.1) is 6.92 Å². The number of carbonyl (C=O) groups excluding carboxylic acids is 1. The molecule has 2 fully saturated rings. The van der Waals surface area contributed by atoms with E-state index in [1.54, 1.807) is 11.3 Å². The van der Waals surface area contributed by atoms with Crippen LogP contribution in [0.3, 0.4) is 0 Å². The zero-order valence-corrected chi connectivity index (χ0v) is 16.1. The van der Waals surface area contributed by atoms with Crippen LogP contribution in [0.1, 0.15) is 24.1 Å². The van der Waals surface area contributed by atoms with Crippen molar-refractivity contribution in [1.82, 2.24) is 9.88 Å². The van der Waals surface area contributed by atoms with E-state index in [4.69, 9.17) is 9.72 Å². The molecule has 2 saturated heterocycles. The molecule has 1 aromatic carbocycles. The van der Waals surface area contributed by atoms with E-state index in [9.17, 15) is 4.79 Å². The van der Waals surface area contributed by atoms with Gasteiger partial charge in [0.25, 0.3) is 5.91 Å². The first-order valence-corrected chi connectivity index (χ1v) is 10.3. The van der Waals surface area contributed by atoms with Gasteiger partial charge in [-0.1, -0.05) is 29.8 Å². The molecule has 138 valence electrons. The van der Waals surface area contributed by atoms with Crippen LogP contribution in [0.4, 0.5) is 0 Å². The summed E-state index contributed by atoms with van der Waals surface area (Å²) in [5, 5.41) is 3.26. The molecule has 0 aliphatic carbocycles. The molecule has 1 atom stereocenters. The summed E-state index contributed by atoms with van der Waals surface area (Å²) in [6.45, 7) is 7.38. The van der Waals surface area contributed by atoms with Gasteiger partial charge in [0.15, 0.2) is 0 Å². The number of nitrogens with one attached hydrogen (secondary N) is 1. The Bertz CT molecular complexity index is 745. The molecule has 3 heterocycles. The topological polar surface area (TPSA) is 46.9 Å². The quantitative estimate of drug-likeness (QED) is 0.885. The maximum atomic E-state index is 12.4. The number of amides is 1. The van der Waals surface area contributed by atoms with E-state index in [1.807, 2.05) is 4.90 Å². The monoisotopic (exact) mass is 372 g/mol. The molecule has 1 aromatic heterocycles. The SMILES string of the molecule is Cc1ccc(-c2nc(C[NH+]3CCN(C(=O)[C@@H]4CCCO4)CC3)cs2)cc1. The van der Waals surface area contributed by atoms with Crippen molar-refractivity contribution in [1.29, 1.82) is 0 Å². The third-order valence-corrected chi connectivity index (χ3v) is 6.21. The normalized spacial score (nSPS) is 21.3. The zero-order chi connectivity index (χ0) is 17.9. The lowest BCUT2D eigenvalue weighted by atomic mass is 10.2. The number of hydrogen-bond donors (Lipinski definition) is 1. The van der Waals surface area contributed by atoms with Crippen LogP contribution in [0.2, 0.25) is 0 Å². The summed E-state index contributed by atoms with van der Waals surface area (Å²) in [6, 6.07) is 8.54. The van der Waals surface area contributed by atoms with Crippen molar-refractivity contribution < 1.29 is 14.4 Å². The smallest absolute Gasteiger partial charge is 0.252 e. The molecule has 0 radical (unpaired) electrons. The van der Waals surface area contributed by atoms with E-state index in [1.165, 1.54) is 16.0 Å². The Kier molecular flexibility index (Phi) is 5.33. The molecule has 2 aliphatic heterocycles. The van der Waals surface area contributed by atoms with E-state index in [0.29, 0.717) is 0 Å². The molecule has 0 bridgehead atoms. The number of nitrogens with zero attached hydrogens (tertiary/aromatic N) is 2.